The second-order valence-corrected chi connectivity index (χ2v) is 12.1. The molecular weight excluding hydrogens is 704 g/mol. The van der Waals surface area contributed by atoms with Crippen LogP contribution in [0.2, 0.25) is 0 Å². The molecule has 18 nitrogen and oxygen atoms in total. The van der Waals surface area contributed by atoms with E-state index >= 15 is 0 Å². The quantitative estimate of drug-likeness (QED) is 0.0702. The van der Waals surface area contributed by atoms with E-state index in [2.05, 4.69) is 8.37 Å². The summed E-state index contributed by atoms with van der Waals surface area (Å²) in [5.41, 5.74) is 1.55. The van der Waals surface area contributed by atoms with Crippen LogP contribution in [0, 0.1) is 0 Å². The van der Waals surface area contributed by atoms with Crippen molar-refractivity contribution in [3.05, 3.63) is 71.8 Å². The van der Waals surface area contributed by atoms with E-state index in [0.717, 1.165) is 11.1 Å². The zero-order chi connectivity index (χ0) is 34.1. The third-order valence-electron chi connectivity index (χ3n) is 6.60. The average molecular weight is 739 g/mol. The fourth-order valence-corrected chi connectivity index (χ4v) is 4.79. The largest absolute Gasteiger partial charge is 2.00 e. The zero-order valence-electron chi connectivity index (χ0n) is 24.5. The van der Waals surface area contributed by atoms with E-state index in [9.17, 15) is 56.6 Å². The molecule has 10 atom stereocenters. The number of aliphatic hydroxyl groups is 6. The summed E-state index contributed by atoms with van der Waals surface area (Å²) in [6, 6.07) is 17.8. The van der Waals surface area contributed by atoms with Crippen molar-refractivity contribution in [2.24, 2.45) is 0 Å². The van der Waals surface area contributed by atoms with Crippen LogP contribution in [0.15, 0.2) is 60.7 Å². The van der Waals surface area contributed by atoms with Crippen LogP contribution in [0.25, 0.3) is 0 Å². The molecule has 47 heavy (non-hydrogen) atoms. The summed E-state index contributed by atoms with van der Waals surface area (Å²) in [6.07, 6.45) is -15.0. The number of benzene rings is 2. The molecule has 0 saturated carbocycles. The minimum atomic E-state index is -4.98. The molecule has 2 aliphatic rings. The molecule has 0 amide bonds. The molecule has 2 aromatic rings. The van der Waals surface area contributed by atoms with Crippen molar-refractivity contribution in [3.63, 3.8) is 0 Å². The number of rotatable bonds is 12. The minimum absolute atomic E-state index is 0. The Morgan fingerprint density at radius 3 is 1.17 bits per heavy atom. The number of aliphatic hydroxyl groups excluding tert-OH is 6. The summed E-state index contributed by atoms with van der Waals surface area (Å²) in [5.74, 6) is 0. The smallest absolute Gasteiger partial charge is 0.726 e. The van der Waals surface area contributed by atoms with Crippen molar-refractivity contribution in [2.45, 2.75) is 74.6 Å². The van der Waals surface area contributed by atoms with E-state index in [-0.39, 0.29) is 51.0 Å². The topological polar surface area (TPSA) is 291 Å². The van der Waals surface area contributed by atoms with Gasteiger partial charge in [0, 0.05) is 0 Å². The van der Waals surface area contributed by atoms with Crippen LogP contribution in [0.5, 0.6) is 0 Å². The fourth-order valence-electron chi connectivity index (χ4n) is 4.19. The molecule has 2 heterocycles. The van der Waals surface area contributed by atoms with Crippen LogP contribution in [0.1, 0.15) is 11.1 Å². The maximum atomic E-state index is 10.5. The van der Waals surface area contributed by atoms with Crippen LogP contribution in [0.3, 0.4) is 0 Å². The van der Waals surface area contributed by atoms with Crippen LogP contribution in [-0.4, -0.2) is 169 Å². The summed E-state index contributed by atoms with van der Waals surface area (Å²) in [6.45, 7) is -1.50. The predicted octanol–water partition coefficient (Wildman–Crippen LogP) is -3.41. The summed E-state index contributed by atoms with van der Waals surface area (Å²) in [5, 5.41) is 58.7. The first-order valence-corrected chi connectivity index (χ1v) is 16.1. The predicted molar refractivity (Wildman–Crippen MR) is 153 cm³/mol. The van der Waals surface area contributed by atoms with Crippen molar-refractivity contribution in [2.75, 3.05) is 13.2 Å². The van der Waals surface area contributed by atoms with Crippen molar-refractivity contribution >= 4 is 58.5 Å². The normalized spacial score (nSPS) is 31.2. The molecule has 6 N–H and O–H groups in total. The van der Waals surface area contributed by atoms with Gasteiger partial charge >= 0.3 is 37.7 Å². The summed E-state index contributed by atoms with van der Waals surface area (Å²) in [4.78, 5) is 0. The second kappa shape index (κ2) is 19.4. The van der Waals surface area contributed by atoms with E-state index in [0.29, 0.717) is 0 Å². The van der Waals surface area contributed by atoms with Crippen LogP contribution in [0.4, 0.5) is 0 Å². The monoisotopic (exact) mass is 738 g/mol. The molecule has 2 aliphatic heterocycles. The molecule has 260 valence electrons. The molecule has 2 aromatic carbocycles. The van der Waals surface area contributed by atoms with E-state index in [1.54, 1.807) is 48.5 Å². The molecule has 2 saturated heterocycles. The molecule has 0 spiro atoms. The van der Waals surface area contributed by atoms with Gasteiger partial charge in [-0.25, -0.2) is 16.8 Å². The zero-order valence-corrected chi connectivity index (χ0v) is 28.3. The Morgan fingerprint density at radius 1 is 0.553 bits per heavy atom. The van der Waals surface area contributed by atoms with Gasteiger partial charge in [-0.05, 0) is 11.1 Å². The van der Waals surface area contributed by atoms with Crippen molar-refractivity contribution in [3.8, 4) is 0 Å². The first kappa shape index (κ1) is 42.2. The van der Waals surface area contributed by atoms with Gasteiger partial charge in [0.1, 0.15) is 48.8 Å². The third-order valence-corrected chi connectivity index (χ3v) is 7.45. The van der Waals surface area contributed by atoms with Gasteiger partial charge in [0.25, 0.3) is 0 Å². The van der Waals surface area contributed by atoms with Crippen molar-refractivity contribution in [1.82, 2.24) is 0 Å². The molecular formula is C26H34CaO18S2. The van der Waals surface area contributed by atoms with Gasteiger partial charge < -0.3 is 58.7 Å². The maximum absolute atomic E-state index is 10.5. The van der Waals surface area contributed by atoms with Gasteiger partial charge in [0.15, 0.2) is 12.6 Å². The Bertz CT molecular complexity index is 1300. The Kier molecular flexibility index (Phi) is 17.5. The minimum Gasteiger partial charge on any atom is -0.726 e. The molecule has 2 fully saturated rings. The molecule has 4 rings (SSSR count). The molecule has 21 heteroatoms. The number of ether oxygens (including phenoxy) is 4. The summed E-state index contributed by atoms with van der Waals surface area (Å²) in [7, 11) is -9.95. The van der Waals surface area contributed by atoms with E-state index in [4.69, 9.17) is 18.9 Å². The summed E-state index contributed by atoms with van der Waals surface area (Å²) >= 11 is 0. The van der Waals surface area contributed by atoms with Crippen molar-refractivity contribution in [1.29, 1.82) is 0 Å². The second-order valence-electron chi connectivity index (χ2n) is 10.0. The van der Waals surface area contributed by atoms with Gasteiger partial charge in [-0.2, -0.15) is 0 Å². The third kappa shape index (κ3) is 14.1. The summed E-state index contributed by atoms with van der Waals surface area (Å²) < 4.78 is 91.8. The van der Waals surface area contributed by atoms with Gasteiger partial charge in [-0.3, -0.25) is 8.37 Å². The Morgan fingerprint density at radius 2 is 0.872 bits per heavy atom. The van der Waals surface area contributed by atoms with Crippen LogP contribution < -0.4 is 0 Å². The van der Waals surface area contributed by atoms with Gasteiger partial charge in [-0.15, -0.1) is 0 Å². The van der Waals surface area contributed by atoms with E-state index in [1.165, 1.54) is 0 Å². The van der Waals surface area contributed by atoms with E-state index < -0.39 is 95.4 Å². The molecule has 0 bridgehead atoms. The molecule has 0 aliphatic carbocycles. The first-order chi connectivity index (χ1) is 21.6. The Hall–Kier alpha value is -0.960. The standard InChI is InChI=1S/2C13H18O9S.Ca/c2*14-10-9(7-21-23(17,18)19)22-13(12(16)11(10)15)20-6-8-4-2-1-3-5-8;/h2*1-5,9-16H,6-7H2,(H,17,18,19);/q;;+2/p-2/t2*9-,10-,11+,12-,13-;/m11./s1. The fraction of sp³-hybridized carbons (Fsp3) is 0.538. The SMILES string of the molecule is O=S(=O)([O-])OC[C@H]1O[C@@H](OCc2ccccc2)[C@H](O)[C@@H](O)[C@@H]1O.O=S(=O)([O-])OC[C@H]1O[C@@H](OCc2ccccc2)[C@H](O)[C@@H](O)[C@@H]1O.[Ca+2]. The Balaban J connectivity index is 0.000000320. The van der Waals surface area contributed by atoms with Crippen molar-refractivity contribution < 1.29 is 83.9 Å². The van der Waals surface area contributed by atoms with Gasteiger partial charge in [0.05, 0.1) is 26.4 Å². The number of hydrogen-bond donors (Lipinski definition) is 6. The number of hydrogen-bond acceptors (Lipinski definition) is 18. The molecule has 0 unspecified atom stereocenters. The van der Waals surface area contributed by atoms with Crippen LogP contribution >= 0.6 is 0 Å². The molecule has 0 radical (unpaired) electrons. The van der Waals surface area contributed by atoms with Gasteiger partial charge in [-0.1, -0.05) is 60.7 Å². The maximum Gasteiger partial charge on any atom is 2.00 e. The average Bonchev–Trinajstić information content (AvgIpc) is 3.01. The Labute approximate surface area is 300 Å². The van der Waals surface area contributed by atoms with E-state index in [1.807, 2.05) is 12.1 Å². The van der Waals surface area contributed by atoms with Gasteiger partial charge in [0.2, 0.25) is 20.8 Å². The van der Waals surface area contributed by atoms with Crippen LogP contribution in [-0.2, 0) is 61.3 Å². The molecule has 0 aromatic heterocycles. The first-order valence-electron chi connectivity index (χ1n) is 13.5.